The third-order valence-electron chi connectivity index (χ3n) is 18.3. The van der Waals surface area contributed by atoms with Gasteiger partial charge in [-0.25, -0.2) is 4.79 Å². The van der Waals surface area contributed by atoms with Crippen LogP contribution in [0.15, 0.2) is 0 Å². The van der Waals surface area contributed by atoms with Gasteiger partial charge >= 0.3 is 5.97 Å². The van der Waals surface area contributed by atoms with E-state index in [9.17, 15) is 86.2 Å². The summed E-state index contributed by atoms with van der Waals surface area (Å²) in [5.74, 6) is -0.705. The van der Waals surface area contributed by atoms with E-state index in [1.54, 1.807) is 0 Å². The fourth-order valence-corrected chi connectivity index (χ4v) is 12.4. The molecular formula is C62H113NO25. The predicted octanol–water partition coefficient (Wildman–Crippen LogP) is 1.17. The van der Waals surface area contributed by atoms with Crippen molar-refractivity contribution in [1.29, 1.82) is 0 Å². The number of aliphatic hydroxyl groups excluding tert-OH is 14. The lowest BCUT2D eigenvalue weighted by molar-refractivity contribution is -0.371. The topological polar surface area (TPSA) is 423 Å². The first kappa shape index (κ1) is 76.8. The molecule has 4 heterocycles. The van der Waals surface area contributed by atoms with E-state index in [2.05, 4.69) is 19.2 Å². The summed E-state index contributed by atoms with van der Waals surface area (Å²) in [6, 6.07) is -1.18. The largest absolute Gasteiger partial charge is 0.479 e. The van der Waals surface area contributed by atoms with Crippen LogP contribution in [0.1, 0.15) is 200 Å². The highest BCUT2D eigenvalue weighted by molar-refractivity contribution is 5.80. The molecule has 1 amide bonds. The summed E-state index contributed by atoms with van der Waals surface area (Å²) in [7, 11) is 0. The molecule has 1 aliphatic carbocycles. The van der Waals surface area contributed by atoms with Crippen molar-refractivity contribution in [2.24, 2.45) is 11.8 Å². The summed E-state index contributed by atoms with van der Waals surface area (Å²) in [4.78, 5) is 26.2. The van der Waals surface area contributed by atoms with Crippen LogP contribution in [0, 0.1) is 11.8 Å². The fourth-order valence-electron chi connectivity index (χ4n) is 12.4. The first-order chi connectivity index (χ1) is 42.3. The number of carbonyl (C=O) groups excluding carboxylic acids is 1. The third kappa shape index (κ3) is 24.1. The van der Waals surface area contributed by atoms with Crippen molar-refractivity contribution in [2.75, 3.05) is 26.4 Å². The second-order valence-corrected chi connectivity index (χ2v) is 25.4. The Morgan fingerprint density at radius 3 is 1.38 bits per heavy atom. The lowest BCUT2D eigenvalue weighted by atomic mass is 9.96. The fraction of sp³-hybridized carbons (Fsp3) is 0.968. The highest BCUT2D eigenvalue weighted by Gasteiger charge is 2.55. The summed E-state index contributed by atoms with van der Waals surface area (Å²) >= 11 is 0. The minimum Gasteiger partial charge on any atom is -0.479 e. The standard InChI is InChI=1S/C62H113NO25/c1-3-5-7-9-10-11-12-13-14-15-18-22-26-30-40(67)57(78)63-38(39(66)29-25-21-19-16-17-20-24-28-37-31-36(37)27-23-8-6-4-2)34-81-60-53(77)49(73)55(56(88-60)58(79)80)87-62-51(75)47(71)45(69)43(85-62)35-82-59-52(76)48(72)54(42(33-65)84-59)86-61-50(74)46(70)44(68)41(32-64)83-61/h36-56,59-62,64-77H,3-35H2,1-2H3,(H,63,78)(H,79,80)/t36?,37?,38?,39?,40-,41-,42-,43+,44-,45+,46+,47-,48-,49+,50-,51+,52-,53+,54-,55-,56-,59+,60-,61-,62+/m0/s1. The third-order valence-corrected chi connectivity index (χ3v) is 18.3. The number of unbranched alkanes of at least 4 members (excludes halogenated alkanes) is 21. The Morgan fingerprint density at radius 1 is 0.455 bits per heavy atom. The first-order valence-electron chi connectivity index (χ1n) is 33.4. The van der Waals surface area contributed by atoms with E-state index in [4.69, 9.17) is 37.9 Å². The lowest BCUT2D eigenvalue weighted by Gasteiger charge is -2.47. The zero-order chi connectivity index (χ0) is 64.3. The van der Waals surface area contributed by atoms with Crippen LogP contribution in [0.2, 0.25) is 0 Å². The molecule has 4 saturated heterocycles. The first-order valence-corrected chi connectivity index (χ1v) is 33.4. The van der Waals surface area contributed by atoms with Crippen LogP contribution in [0.5, 0.6) is 0 Å². The van der Waals surface area contributed by atoms with Crippen LogP contribution in [0.25, 0.3) is 0 Å². The summed E-state index contributed by atoms with van der Waals surface area (Å²) < 4.78 is 44.9. The lowest BCUT2D eigenvalue weighted by Crippen LogP contribution is -2.66. The Hall–Kier alpha value is -1.94. The van der Waals surface area contributed by atoms with Crippen molar-refractivity contribution in [3.05, 3.63) is 0 Å². The number of carboxylic acids is 1. The van der Waals surface area contributed by atoms with Gasteiger partial charge in [-0.3, -0.25) is 4.79 Å². The maximum absolute atomic E-state index is 13.5. The Labute approximate surface area is 519 Å². The molecule has 26 heteroatoms. The van der Waals surface area contributed by atoms with Crippen LogP contribution in [-0.4, -0.2) is 256 Å². The number of rotatable bonds is 45. The van der Waals surface area contributed by atoms with Gasteiger partial charge in [-0.1, -0.05) is 181 Å². The zero-order valence-corrected chi connectivity index (χ0v) is 52.1. The van der Waals surface area contributed by atoms with Crippen LogP contribution >= 0.6 is 0 Å². The second-order valence-electron chi connectivity index (χ2n) is 25.4. The number of amides is 1. The smallest absolute Gasteiger partial charge is 0.335 e. The Morgan fingerprint density at radius 2 is 0.864 bits per heavy atom. The zero-order valence-electron chi connectivity index (χ0n) is 52.1. The van der Waals surface area contributed by atoms with Gasteiger partial charge in [-0.15, -0.1) is 0 Å². The summed E-state index contributed by atoms with van der Waals surface area (Å²) in [6.45, 7) is 1.33. The molecule has 5 rings (SSSR count). The van der Waals surface area contributed by atoms with Gasteiger partial charge in [0.1, 0.15) is 97.7 Å². The number of aliphatic hydroxyl groups is 14. The average molecular weight is 1270 g/mol. The van der Waals surface area contributed by atoms with Crippen LogP contribution < -0.4 is 5.32 Å². The van der Waals surface area contributed by atoms with E-state index in [0.717, 1.165) is 63.2 Å². The van der Waals surface area contributed by atoms with Crippen LogP contribution in [-0.2, 0) is 47.5 Å². The predicted molar refractivity (Wildman–Crippen MR) is 314 cm³/mol. The van der Waals surface area contributed by atoms with E-state index in [1.807, 2.05) is 0 Å². The molecule has 0 aromatic rings. The molecule has 4 aliphatic heterocycles. The molecular weight excluding hydrogens is 1160 g/mol. The van der Waals surface area contributed by atoms with Gasteiger partial charge in [-0.05, 0) is 31.1 Å². The molecule has 25 atom stereocenters. The molecule has 0 radical (unpaired) electrons. The molecule has 26 nitrogen and oxygen atoms in total. The van der Waals surface area contributed by atoms with E-state index in [1.165, 1.54) is 109 Å². The molecule has 0 bridgehead atoms. The Kier molecular flexibility index (Phi) is 35.8. The van der Waals surface area contributed by atoms with Crippen LogP contribution in [0.3, 0.4) is 0 Å². The number of carbonyl (C=O) groups is 2. The highest BCUT2D eigenvalue weighted by atomic mass is 16.8. The van der Waals surface area contributed by atoms with E-state index >= 15 is 0 Å². The van der Waals surface area contributed by atoms with Crippen molar-refractivity contribution in [1.82, 2.24) is 5.32 Å². The quantitative estimate of drug-likeness (QED) is 0.0381. The maximum atomic E-state index is 13.5. The van der Waals surface area contributed by atoms with Crippen molar-refractivity contribution in [2.45, 2.75) is 341 Å². The molecule has 0 aromatic heterocycles. The number of hydrogen-bond donors (Lipinski definition) is 16. The van der Waals surface area contributed by atoms with Gasteiger partial charge in [0, 0.05) is 0 Å². The minimum atomic E-state index is -2.18. The SMILES string of the molecule is CCCCCCCCCCCCCCC[C@H](O)C(=O)NC(CO[C@H]1O[C@H](C(=O)O)[C@@H](O[C@H]2O[C@H](CO[C@@H]3O[C@@H](CO)[C@H](O[C@@H]4O[C@@H](CO)[C@H](O)[C@@H](O)[C@@H]4O)[C@@H](O)[C@@H]3O)[C@@H](O)[C@H](O)[C@H]2O)[C@H](O)[C@H]1O)C(O)CCCCCCCCCC1CC1CCCCCC. The van der Waals surface area contributed by atoms with Gasteiger partial charge in [0.25, 0.3) is 0 Å². The van der Waals surface area contributed by atoms with Crippen molar-refractivity contribution >= 4 is 11.9 Å². The van der Waals surface area contributed by atoms with Gasteiger partial charge in [-0.2, -0.15) is 0 Å². The summed E-state index contributed by atoms with van der Waals surface area (Å²) in [5, 5.41) is 164. The molecule has 5 fully saturated rings. The molecule has 0 spiro atoms. The van der Waals surface area contributed by atoms with E-state index < -0.39 is 179 Å². The second kappa shape index (κ2) is 41.0. The van der Waals surface area contributed by atoms with Gasteiger partial charge in [0.15, 0.2) is 31.3 Å². The molecule has 5 aliphatic rings. The number of hydrogen-bond acceptors (Lipinski definition) is 24. The molecule has 1 saturated carbocycles. The molecule has 16 N–H and O–H groups in total. The Balaban J connectivity index is 1.13. The molecule has 0 aromatic carbocycles. The number of ether oxygens (including phenoxy) is 8. The maximum Gasteiger partial charge on any atom is 0.335 e. The number of carboxylic acid groups (broad SMARTS) is 1. The van der Waals surface area contributed by atoms with Crippen molar-refractivity contribution in [3.63, 3.8) is 0 Å². The Bertz CT molecular complexity index is 1880. The molecule has 516 valence electrons. The normalized spacial score (nSPS) is 36.2. The average Bonchev–Trinajstić information content (AvgIpc) is 1.53. The minimum absolute atomic E-state index is 0.179. The molecule has 88 heavy (non-hydrogen) atoms. The van der Waals surface area contributed by atoms with Gasteiger partial charge in [0.2, 0.25) is 5.91 Å². The summed E-state index contributed by atoms with van der Waals surface area (Å²) in [6.07, 6.45) is -9.58. The highest BCUT2D eigenvalue weighted by Crippen LogP contribution is 2.46. The van der Waals surface area contributed by atoms with E-state index in [0.29, 0.717) is 12.8 Å². The van der Waals surface area contributed by atoms with Gasteiger partial charge < -0.3 is 120 Å². The summed E-state index contributed by atoms with van der Waals surface area (Å²) in [5.41, 5.74) is 0. The van der Waals surface area contributed by atoms with Crippen molar-refractivity contribution < 1.29 is 124 Å². The van der Waals surface area contributed by atoms with Gasteiger partial charge in [0.05, 0.1) is 38.6 Å². The van der Waals surface area contributed by atoms with Crippen LogP contribution in [0.4, 0.5) is 0 Å². The number of nitrogens with one attached hydrogen (secondary N) is 1. The monoisotopic (exact) mass is 1270 g/mol. The number of aliphatic carboxylic acids is 1. The van der Waals surface area contributed by atoms with E-state index in [-0.39, 0.29) is 12.8 Å². The van der Waals surface area contributed by atoms with Crippen molar-refractivity contribution in [3.8, 4) is 0 Å². The molecule has 4 unspecified atom stereocenters.